The molecule has 1 aliphatic carbocycles. The van der Waals surface area contributed by atoms with Gasteiger partial charge in [0, 0.05) is 5.02 Å². The molecule has 2 aromatic rings. The van der Waals surface area contributed by atoms with Crippen LogP contribution >= 0.6 is 11.6 Å². The summed E-state index contributed by atoms with van der Waals surface area (Å²) in [6.07, 6.45) is 2.75. The molecule has 5 nitrogen and oxygen atoms in total. The van der Waals surface area contributed by atoms with Crippen LogP contribution in [0.2, 0.25) is 5.02 Å². The van der Waals surface area contributed by atoms with E-state index in [-0.39, 0.29) is 11.3 Å². The SMILES string of the molecule is COC(=O)CC(NS(=O)(=O)c1ccc2c(c1)CCC2)c1ccccc1Cl. The number of aryl methyl sites for hydroxylation is 2. The first-order chi connectivity index (χ1) is 12.4. The molecule has 7 heteroatoms. The van der Waals surface area contributed by atoms with Crippen LogP contribution in [0.3, 0.4) is 0 Å². The van der Waals surface area contributed by atoms with Crippen molar-refractivity contribution in [2.45, 2.75) is 36.6 Å². The Kier molecular flexibility index (Phi) is 5.65. The number of rotatable bonds is 6. The van der Waals surface area contributed by atoms with Crippen LogP contribution in [0, 0.1) is 0 Å². The van der Waals surface area contributed by atoms with E-state index in [1.54, 1.807) is 36.4 Å². The van der Waals surface area contributed by atoms with Gasteiger partial charge in [0.15, 0.2) is 0 Å². The van der Waals surface area contributed by atoms with E-state index in [2.05, 4.69) is 4.72 Å². The predicted molar refractivity (Wildman–Crippen MR) is 99.6 cm³/mol. The number of ether oxygens (including phenoxy) is 1. The van der Waals surface area contributed by atoms with Gasteiger partial charge < -0.3 is 4.74 Å². The third-order valence-electron chi connectivity index (χ3n) is 4.56. The molecule has 1 atom stereocenters. The Morgan fingerprint density at radius 2 is 1.92 bits per heavy atom. The lowest BCUT2D eigenvalue weighted by atomic mass is 10.1. The van der Waals surface area contributed by atoms with E-state index in [0.717, 1.165) is 24.8 Å². The molecule has 1 N–H and O–H groups in total. The van der Waals surface area contributed by atoms with Crippen molar-refractivity contribution in [3.05, 3.63) is 64.2 Å². The number of hydrogen-bond donors (Lipinski definition) is 1. The molecule has 1 aliphatic rings. The minimum absolute atomic E-state index is 0.148. The van der Waals surface area contributed by atoms with Crippen LogP contribution < -0.4 is 4.72 Å². The number of esters is 1. The van der Waals surface area contributed by atoms with Crippen molar-refractivity contribution in [3.63, 3.8) is 0 Å². The monoisotopic (exact) mass is 393 g/mol. The van der Waals surface area contributed by atoms with Gasteiger partial charge in [-0.15, -0.1) is 0 Å². The van der Waals surface area contributed by atoms with Crippen LogP contribution in [0.1, 0.15) is 35.6 Å². The van der Waals surface area contributed by atoms with Gasteiger partial charge in [0.05, 0.1) is 24.5 Å². The number of hydrogen-bond acceptors (Lipinski definition) is 4. The Morgan fingerprint density at radius 1 is 1.19 bits per heavy atom. The number of sulfonamides is 1. The second-order valence-corrected chi connectivity index (χ2v) is 8.38. The number of benzene rings is 2. The molecular formula is C19H20ClNO4S. The molecular weight excluding hydrogens is 374 g/mol. The highest BCUT2D eigenvalue weighted by Crippen LogP contribution is 2.29. The molecule has 1 unspecified atom stereocenters. The summed E-state index contributed by atoms with van der Waals surface area (Å²) in [5.41, 5.74) is 2.79. The van der Waals surface area contributed by atoms with E-state index in [1.165, 1.54) is 12.7 Å². The first-order valence-electron chi connectivity index (χ1n) is 8.36. The summed E-state index contributed by atoms with van der Waals surface area (Å²) in [4.78, 5) is 12.0. The van der Waals surface area contributed by atoms with Crippen LogP contribution in [0.25, 0.3) is 0 Å². The zero-order valence-electron chi connectivity index (χ0n) is 14.4. The van der Waals surface area contributed by atoms with Gasteiger partial charge in [0.2, 0.25) is 10.0 Å². The summed E-state index contributed by atoms with van der Waals surface area (Å²) in [7, 11) is -2.55. The number of carbonyl (C=O) groups excluding carboxylic acids is 1. The minimum Gasteiger partial charge on any atom is -0.469 e. The summed E-state index contributed by atoms with van der Waals surface area (Å²) in [5, 5.41) is 0.387. The average molecular weight is 394 g/mol. The maximum Gasteiger partial charge on any atom is 0.307 e. The third-order valence-corrected chi connectivity index (χ3v) is 6.37. The van der Waals surface area contributed by atoms with E-state index in [0.29, 0.717) is 10.6 Å². The van der Waals surface area contributed by atoms with Gasteiger partial charge in [-0.2, -0.15) is 0 Å². The lowest BCUT2D eigenvalue weighted by Gasteiger charge is -2.19. The Labute approximate surface area is 158 Å². The van der Waals surface area contributed by atoms with E-state index < -0.39 is 22.0 Å². The van der Waals surface area contributed by atoms with Crippen LogP contribution in [-0.2, 0) is 32.4 Å². The molecule has 0 aliphatic heterocycles. The Hall–Kier alpha value is -1.89. The lowest BCUT2D eigenvalue weighted by molar-refractivity contribution is -0.141. The molecule has 0 aromatic heterocycles. The van der Waals surface area contributed by atoms with Gasteiger partial charge >= 0.3 is 5.97 Å². The smallest absolute Gasteiger partial charge is 0.307 e. The predicted octanol–water partition coefficient (Wildman–Crippen LogP) is 3.41. The fourth-order valence-corrected chi connectivity index (χ4v) is 4.73. The largest absolute Gasteiger partial charge is 0.469 e. The molecule has 0 heterocycles. The summed E-state index contributed by atoms with van der Waals surface area (Å²) in [6, 6.07) is 11.2. The van der Waals surface area contributed by atoms with Gasteiger partial charge in [-0.05, 0) is 54.2 Å². The average Bonchev–Trinajstić information content (AvgIpc) is 3.09. The first-order valence-corrected chi connectivity index (χ1v) is 10.2. The first kappa shape index (κ1) is 18.9. The molecule has 3 rings (SSSR count). The van der Waals surface area contributed by atoms with E-state index >= 15 is 0 Å². The number of methoxy groups -OCH3 is 1. The van der Waals surface area contributed by atoms with Crippen LogP contribution in [0.5, 0.6) is 0 Å². The highest BCUT2D eigenvalue weighted by molar-refractivity contribution is 7.89. The molecule has 0 bridgehead atoms. The summed E-state index contributed by atoms with van der Waals surface area (Å²) >= 11 is 6.21. The molecule has 2 aromatic carbocycles. The number of fused-ring (bicyclic) bond motifs is 1. The molecule has 0 spiro atoms. The maximum atomic E-state index is 12.9. The number of nitrogens with one attached hydrogen (secondary N) is 1. The lowest BCUT2D eigenvalue weighted by Crippen LogP contribution is -2.31. The van der Waals surface area contributed by atoms with Crippen LogP contribution in [0.4, 0.5) is 0 Å². The van der Waals surface area contributed by atoms with Gasteiger partial charge in [-0.25, -0.2) is 13.1 Å². The fraction of sp³-hybridized carbons (Fsp3) is 0.316. The normalized spacial score (nSPS) is 14.7. The molecule has 26 heavy (non-hydrogen) atoms. The highest BCUT2D eigenvalue weighted by Gasteiger charge is 2.26. The summed E-state index contributed by atoms with van der Waals surface area (Å²) in [6.45, 7) is 0. The van der Waals surface area contributed by atoms with Gasteiger partial charge in [0.25, 0.3) is 0 Å². The van der Waals surface area contributed by atoms with Gasteiger partial charge in [-0.3, -0.25) is 4.79 Å². The minimum atomic E-state index is -3.82. The molecule has 0 saturated heterocycles. The van der Waals surface area contributed by atoms with Gasteiger partial charge in [0.1, 0.15) is 0 Å². The molecule has 0 radical (unpaired) electrons. The van der Waals surface area contributed by atoms with Crippen molar-refractivity contribution in [1.29, 1.82) is 0 Å². The number of carbonyl (C=O) groups is 1. The van der Waals surface area contributed by atoms with Crippen LogP contribution in [-0.4, -0.2) is 21.5 Å². The van der Waals surface area contributed by atoms with Crippen molar-refractivity contribution in [2.24, 2.45) is 0 Å². The van der Waals surface area contributed by atoms with Crippen molar-refractivity contribution >= 4 is 27.6 Å². The van der Waals surface area contributed by atoms with E-state index in [1.807, 2.05) is 6.07 Å². The Bertz CT molecular complexity index is 927. The van der Waals surface area contributed by atoms with Crippen molar-refractivity contribution < 1.29 is 17.9 Å². The molecule has 0 fully saturated rings. The fourth-order valence-electron chi connectivity index (χ4n) is 3.19. The summed E-state index contributed by atoms with van der Waals surface area (Å²) < 4.78 is 33.1. The second kappa shape index (κ2) is 7.78. The Morgan fingerprint density at radius 3 is 2.65 bits per heavy atom. The van der Waals surface area contributed by atoms with Crippen LogP contribution in [0.15, 0.2) is 47.4 Å². The molecule has 0 saturated carbocycles. The van der Waals surface area contributed by atoms with Crippen molar-refractivity contribution in [3.8, 4) is 0 Å². The van der Waals surface area contributed by atoms with Gasteiger partial charge in [-0.1, -0.05) is 35.9 Å². The van der Waals surface area contributed by atoms with E-state index in [9.17, 15) is 13.2 Å². The van der Waals surface area contributed by atoms with Crippen molar-refractivity contribution in [2.75, 3.05) is 7.11 Å². The molecule has 0 amide bonds. The maximum absolute atomic E-state index is 12.9. The molecule has 138 valence electrons. The topological polar surface area (TPSA) is 72.5 Å². The quantitative estimate of drug-likeness (QED) is 0.763. The number of halogens is 1. The Balaban J connectivity index is 1.92. The standard InChI is InChI=1S/C19H20ClNO4S/c1-25-19(22)12-18(16-7-2-3-8-17(16)20)21-26(23,24)15-10-9-13-5-4-6-14(13)11-15/h2-3,7-11,18,21H,4-6,12H2,1H3. The highest BCUT2D eigenvalue weighted by atomic mass is 35.5. The zero-order valence-corrected chi connectivity index (χ0v) is 15.9. The second-order valence-electron chi connectivity index (χ2n) is 6.26. The van der Waals surface area contributed by atoms with Crippen molar-refractivity contribution in [1.82, 2.24) is 4.72 Å². The summed E-state index contributed by atoms with van der Waals surface area (Å²) in [5.74, 6) is -0.522. The van der Waals surface area contributed by atoms with E-state index in [4.69, 9.17) is 16.3 Å². The third kappa shape index (κ3) is 4.09. The zero-order chi connectivity index (χ0) is 18.7.